The van der Waals surface area contributed by atoms with Crippen molar-refractivity contribution in [1.29, 1.82) is 0 Å². The van der Waals surface area contributed by atoms with Crippen molar-refractivity contribution in [2.75, 3.05) is 6.61 Å². The standard InChI is InChI=1S/C17H19NO2/c1-13(20)18-17(12-19)11-14-7-9-16(10-8-14)15-5-3-2-4-6-15/h2-10,17,19H,11-12H2,1H3,(H,18,20)/t17-/m1/s1. The lowest BCUT2D eigenvalue weighted by Crippen LogP contribution is -2.37. The second kappa shape index (κ2) is 6.87. The predicted octanol–water partition coefficient (Wildman–Crippen LogP) is 2.39. The van der Waals surface area contributed by atoms with Crippen molar-refractivity contribution >= 4 is 5.91 Å². The Morgan fingerprint density at radius 3 is 2.20 bits per heavy atom. The molecule has 2 aromatic carbocycles. The van der Waals surface area contributed by atoms with Gasteiger partial charge in [0.1, 0.15) is 0 Å². The van der Waals surface area contributed by atoms with E-state index in [2.05, 4.69) is 29.6 Å². The Bertz CT molecular complexity index is 549. The first-order chi connectivity index (χ1) is 9.69. The number of carbonyl (C=O) groups is 1. The normalized spacial score (nSPS) is 11.9. The number of amides is 1. The van der Waals surface area contributed by atoms with Gasteiger partial charge in [-0.1, -0.05) is 54.6 Å². The van der Waals surface area contributed by atoms with E-state index in [1.165, 1.54) is 12.5 Å². The van der Waals surface area contributed by atoms with Gasteiger partial charge < -0.3 is 10.4 Å². The van der Waals surface area contributed by atoms with Crippen molar-refractivity contribution in [1.82, 2.24) is 5.32 Å². The summed E-state index contributed by atoms with van der Waals surface area (Å²) in [5, 5.41) is 12.0. The largest absolute Gasteiger partial charge is 0.394 e. The van der Waals surface area contributed by atoms with Gasteiger partial charge in [-0.05, 0) is 23.1 Å². The highest BCUT2D eigenvalue weighted by molar-refractivity contribution is 5.73. The molecule has 0 bridgehead atoms. The predicted molar refractivity (Wildman–Crippen MR) is 80.3 cm³/mol. The molecule has 3 heteroatoms. The van der Waals surface area contributed by atoms with Gasteiger partial charge in [-0.15, -0.1) is 0 Å². The molecule has 0 fully saturated rings. The molecule has 0 unspecified atom stereocenters. The van der Waals surface area contributed by atoms with Crippen LogP contribution in [-0.2, 0) is 11.2 Å². The number of nitrogens with one attached hydrogen (secondary N) is 1. The van der Waals surface area contributed by atoms with E-state index in [-0.39, 0.29) is 18.6 Å². The fourth-order valence-corrected chi connectivity index (χ4v) is 2.20. The minimum atomic E-state index is -0.227. The SMILES string of the molecule is CC(=O)N[C@@H](CO)Cc1ccc(-c2ccccc2)cc1. The molecule has 0 radical (unpaired) electrons. The lowest BCUT2D eigenvalue weighted by atomic mass is 10.0. The molecule has 0 aliphatic carbocycles. The molecule has 2 N–H and O–H groups in total. The van der Waals surface area contributed by atoms with Crippen molar-refractivity contribution in [2.24, 2.45) is 0 Å². The van der Waals surface area contributed by atoms with Gasteiger partial charge >= 0.3 is 0 Å². The van der Waals surface area contributed by atoms with Gasteiger partial charge in [0, 0.05) is 6.92 Å². The number of rotatable bonds is 5. The molecule has 0 spiro atoms. The average Bonchev–Trinajstić information content (AvgIpc) is 2.48. The van der Waals surface area contributed by atoms with Gasteiger partial charge in [-0.2, -0.15) is 0 Å². The van der Waals surface area contributed by atoms with Crippen LogP contribution in [0.3, 0.4) is 0 Å². The third-order valence-electron chi connectivity index (χ3n) is 3.17. The zero-order chi connectivity index (χ0) is 14.4. The summed E-state index contributed by atoms with van der Waals surface area (Å²) in [7, 11) is 0. The highest BCUT2D eigenvalue weighted by Gasteiger charge is 2.09. The molecular formula is C17H19NO2. The van der Waals surface area contributed by atoms with Gasteiger partial charge in [0.2, 0.25) is 5.91 Å². The number of benzene rings is 2. The molecular weight excluding hydrogens is 250 g/mol. The van der Waals surface area contributed by atoms with Crippen molar-refractivity contribution in [2.45, 2.75) is 19.4 Å². The van der Waals surface area contributed by atoms with Gasteiger partial charge in [-0.25, -0.2) is 0 Å². The molecule has 0 saturated heterocycles. The molecule has 104 valence electrons. The lowest BCUT2D eigenvalue weighted by Gasteiger charge is -2.15. The Kier molecular flexibility index (Phi) is 4.91. The van der Waals surface area contributed by atoms with E-state index in [1.54, 1.807) is 0 Å². The Hall–Kier alpha value is -2.13. The minimum absolute atomic E-state index is 0.0555. The van der Waals surface area contributed by atoms with Crippen molar-refractivity contribution in [3.8, 4) is 11.1 Å². The maximum Gasteiger partial charge on any atom is 0.217 e. The summed E-state index contributed by atoms with van der Waals surface area (Å²) in [6, 6.07) is 18.1. The number of aliphatic hydroxyl groups is 1. The monoisotopic (exact) mass is 269 g/mol. The van der Waals surface area contributed by atoms with Crippen molar-refractivity contribution in [3.63, 3.8) is 0 Å². The molecule has 1 atom stereocenters. The van der Waals surface area contributed by atoms with E-state index < -0.39 is 0 Å². The highest BCUT2D eigenvalue weighted by Crippen LogP contribution is 2.19. The van der Waals surface area contributed by atoms with Crippen LogP contribution in [0.25, 0.3) is 11.1 Å². The molecule has 1 amide bonds. The van der Waals surface area contributed by atoms with E-state index in [0.29, 0.717) is 6.42 Å². The number of carbonyl (C=O) groups excluding carboxylic acids is 1. The molecule has 2 aromatic rings. The molecule has 0 heterocycles. The Morgan fingerprint density at radius 1 is 1.05 bits per heavy atom. The average molecular weight is 269 g/mol. The molecule has 20 heavy (non-hydrogen) atoms. The minimum Gasteiger partial charge on any atom is -0.394 e. The van der Waals surface area contributed by atoms with Gasteiger partial charge in [0.05, 0.1) is 12.6 Å². The summed E-state index contributed by atoms with van der Waals surface area (Å²) in [5.41, 5.74) is 3.44. The van der Waals surface area contributed by atoms with E-state index >= 15 is 0 Å². The van der Waals surface area contributed by atoms with Gasteiger partial charge in [0.15, 0.2) is 0 Å². The number of aliphatic hydroxyl groups excluding tert-OH is 1. The van der Waals surface area contributed by atoms with Crippen LogP contribution in [0.5, 0.6) is 0 Å². The van der Waals surface area contributed by atoms with E-state index in [1.807, 2.05) is 30.3 Å². The summed E-state index contributed by atoms with van der Waals surface area (Å²) < 4.78 is 0. The zero-order valence-corrected chi connectivity index (χ0v) is 11.5. The first-order valence-corrected chi connectivity index (χ1v) is 6.71. The van der Waals surface area contributed by atoms with Crippen molar-refractivity contribution in [3.05, 3.63) is 60.2 Å². The zero-order valence-electron chi connectivity index (χ0n) is 11.5. The van der Waals surface area contributed by atoms with Gasteiger partial charge in [0.25, 0.3) is 0 Å². The third kappa shape index (κ3) is 3.93. The first-order valence-electron chi connectivity index (χ1n) is 6.71. The third-order valence-corrected chi connectivity index (χ3v) is 3.17. The summed E-state index contributed by atoms with van der Waals surface area (Å²) in [5.74, 6) is -0.120. The molecule has 0 aromatic heterocycles. The van der Waals surface area contributed by atoms with Crippen LogP contribution in [0.15, 0.2) is 54.6 Å². The van der Waals surface area contributed by atoms with Gasteiger partial charge in [-0.3, -0.25) is 4.79 Å². The van der Waals surface area contributed by atoms with E-state index in [4.69, 9.17) is 0 Å². The van der Waals surface area contributed by atoms with Crippen molar-refractivity contribution < 1.29 is 9.90 Å². The Labute approximate surface area is 119 Å². The van der Waals surface area contributed by atoms with Crippen LogP contribution in [0.4, 0.5) is 0 Å². The Balaban J connectivity index is 2.06. The Morgan fingerprint density at radius 2 is 1.65 bits per heavy atom. The second-order valence-electron chi connectivity index (χ2n) is 4.85. The summed E-state index contributed by atoms with van der Waals surface area (Å²) in [6.07, 6.45) is 0.630. The highest BCUT2D eigenvalue weighted by atomic mass is 16.3. The number of hydrogen-bond donors (Lipinski definition) is 2. The molecule has 0 aliphatic heterocycles. The molecule has 0 saturated carbocycles. The van der Waals surface area contributed by atoms with E-state index in [9.17, 15) is 9.90 Å². The molecule has 0 aliphatic rings. The molecule has 2 rings (SSSR count). The maximum absolute atomic E-state index is 11.0. The molecule has 3 nitrogen and oxygen atoms in total. The second-order valence-corrected chi connectivity index (χ2v) is 4.85. The lowest BCUT2D eigenvalue weighted by molar-refractivity contribution is -0.119. The van der Waals surface area contributed by atoms with E-state index in [0.717, 1.165) is 11.1 Å². The fraction of sp³-hybridized carbons (Fsp3) is 0.235. The van der Waals surface area contributed by atoms with Crippen LogP contribution in [0, 0.1) is 0 Å². The summed E-state index contributed by atoms with van der Waals surface area (Å²) >= 11 is 0. The smallest absolute Gasteiger partial charge is 0.217 e. The van der Waals surface area contributed by atoms with Crippen LogP contribution in [0.1, 0.15) is 12.5 Å². The number of hydrogen-bond acceptors (Lipinski definition) is 2. The van der Waals surface area contributed by atoms with Crippen LogP contribution in [0.2, 0.25) is 0 Å². The van der Waals surface area contributed by atoms with Crippen LogP contribution in [-0.4, -0.2) is 23.7 Å². The summed E-state index contributed by atoms with van der Waals surface area (Å²) in [4.78, 5) is 11.0. The quantitative estimate of drug-likeness (QED) is 0.875. The van der Waals surface area contributed by atoms with Crippen LogP contribution >= 0.6 is 0 Å². The topological polar surface area (TPSA) is 49.3 Å². The maximum atomic E-state index is 11.0. The fourth-order valence-electron chi connectivity index (χ4n) is 2.20. The van der Waals surface area contributed by atoms with Crippen LogP contribution < -0.4 is 5.32 Å². The first kappa shape index (κ1) is 14.3. The summed E-state index contributed by atoms with van der Waals surface area (Å²) in [6.45, 7) is 1.40.